The van der Waals surface area contributed by atoms with Crippen LogP contribution >= 0.6 is 0 Å². The fraction of sp³-hybridized carbons (Fsp3) is 0.348. The van der Waals surface area contributed by atoms with E-state index in [1.54, 1.807) is 0 Å². The second-order valence-corrected chi connectivity index (χ2v) is 7.28. The fourth-order valence-corrected chi connectivity index (χ4v) is 3.75. The minimum Gasteiger partial charge on any atom is -0.342 e. The van der Waals surface area contributed by atoms with Crippen LogP contribution in [0, 0.1) is 6.92 Å². The van der Waals surface area contributed by atoms with Crippen molar-refractivity contribution >= 4 is 5.82 Å². The van der Waals surface area contributed by atoms with E-state index in [1.807, 2.05) is 0 Å². The van der Waals surface area contributed by atoms with Gasteiger partial charge in [-0.2, -0.15) is 18.2 Å². The van der Waals surface area contributed by atoms with Crippen LogP contribution < -0.4 is 4.90 Å². The molecule has 1 aromatic carbocycles. The van der Waals surface area contributed by atoms with Gasteiger partial charge in [0.15, 0.2) is 11.6 Å². The molecule has 4 heterocycles. The number of halogens is 3. The number of nitrogens with zero attached hydrogens (tertiary/aromatic N) is 8. The minimum atomic E-state index is -4.61. The van der Waals surface area contributed by atoms with Crippen LogP contribution in [0.3, 0.4) is 0 Å². The van der Waals surface area contributed by atoms with E-state index in [0.29, 0.717) is 0 Å². The number of aryl methyl sites for hydroxylation is 1. The van der Waals surface area contributed by atoms with E-state index in [1.165, 1.54) is 23.9 Å². The van der Waals surface area contributed by atoms with E-state index in [9.17, 15) is 13.2 Å². The molecular formula is C23H23F3N8. The van der Waals surface area contributed by atoms with Crippen molar-refractivity contribution in [2.75, 3.05) is 4.90 Å². The van der Waals surface area contributed by atoms with Crippen molar-refractivity contribution in [3.8, 4) is 23.0 Å². The molecule has 0 radical (unpaired) electrons. The maximum atomic E-state index is 13.2. The molecule has 1 aliphatic heterocycles. The third kappa shape index (κ3) is 3.42. The molecule has 1 unspecified atom stereocenters. The van der Waals surface area contributed by atoms with Crippen LogP contribution in [0.15, 0.2) is 42.9 Å². The SMILES string of the molecule is [2H]C([2H])([2H])C([2H])([2H])C1c2nnc(C)n2-c2cnc(-n3ccnc3-c3ccc(C(F)(F)F)cc3)nc2N1C([2H])(C([2H])([2H])[2H])C([2H])([2H])[2H]. The summed E-state index contributed by atoms with van der Waals surface area (Å²) in [6.45, 7) is -9.58. The molecule has 5 rings (SSSR count). The van der Waals surface area contributed by atoms with Crippen molar-refractivity contribution in [2.45, 2.75) is 52.1 Å². The molecule has 0 saturated carbocycles. The van der Waals surface area contributed by atoms with Gasteiger partial charge in [0.25, 0.3) is 0 Å². The van der Waals surface area contributed by atoms with E-state index in [0.717, 1.165) is 35.0 Å². The van der Waals surface area contributed by atoms with Gasteiger partial charge in [0.2, 0.25) is 5.95 Å². The average Bonchev–Trinajstić information content (AvgIpc) is 3.56. The summed E-state index contributed by atoms with van der Waals surface area (Å²) in [7, 11) is 0. The Morgan fingerprint density at radius 1 is 1.18 bits per heavy atom. The smallest absolute Gasteiger partial charge is 0.342 e. The van der Waals surface area contributed by atoms with E-state index >= 15 is 0 Å². The van der Waals surface area contributed by atoms with Crippen molar-refractivity contribution in [3.05, 3.63) is 60.1 Å². The molecule has 4 aromatic rings. The lowest BCUT2D eigenvalue weighted by molar-refractivity contribution is -0.137. The van der Waals surface area contributed by atoms with E-state index in [4.69, 9.17) is 16.4 Å². The molecule has 1 aliphatic rings. The first-order chi connectivity index (χ1) is 20.9. The number of alkyl halides is 3. The molecule has 0 spiro atoms. The van der Waals surface area contributed by atoms with Gasteiger partial charge in [-0.05, 0) is 39.1 Å². The van der Waals surface area contributed by atoms with Crippen LogP contribution in [0.25, 0.3) is 23.0 Å². The molecule has 1 atom stereocenters. The molecule has 0 fully saturated rings. The number of imidazole rings is 1. The third-order valence-electron chi connectivity index (χ3n) is 5.26. The molecule has 11 heteroatoms. The zero-order valence-corrected chi connectivity index (χ0v) is 17.3. The number of aromatic nitrogens is 7. The Kier molecular flexibility index (Phi) is 2.82. The Morgan fingerprint density at radius 2 is 1.97 bits per heavy atom. The Bertz CT molecular complexity index is 1760. The van der Waals surface area contributed by atoms with Crippen molar-refractivity contribution in [1.82, 2.24) is 34.3 Å². The molecule has 3 aromatic heterocycles. The molecule has 0 saturated heterocycles. The van der Waals surface area contributed by atoms with Gasteiger partial charge in [0.05, 0.1) is 19.2 Å². The molecule has 8 nitrogen and oxygen atoms in total. The molecule has 176 valence electrons. The number of anilines is 1. The Morgan fingerprint density at radius 3 is 2.68 bits per heavy atom. The minimum absolute atomic E-state index is 0.00959. The Balaban J connectivity index is 1.82. The van der Waals surface area contributed by atoms with Gasteiger partial charge in [-0.3, -0.25) is 9.13 Å². The van der Waals surface area contributed by atoms with Crippen LogP contribution in [0.2, 0.25) is 0 Å². The molecule has 0 bridgehead atoms. The predicted molar refractivity (Wildman–Crippen MR) is 120 cm³/mol. The quantitative estimate of drug-likeness (QED) is 0.413. The lowest BCUT2D eigenvalue weighted by Gasteiger charge is -2.39. The summed E-state index contributed by atoms with van der Waals surface area (Å²) in [6, 6.07) is -2.17. The normalized spacial score (nSPS) is 22.6. The Labute approximate surface area is 211 Å². The van der Waals surface area contributed by atoms with Gasteiger partial charge in [0.1, 0.15) is 17.3 Å². The zero-order chi connectivity index (χ0) is 34.4. The second kappa shape index (κ2) is 7.93. The lowest BCUT2D eigenvalue weighted by atomic mass is 10.1. The average molecular weight is 481 g/mol. The summed E-state index contributed by atoms with van der Waals surface area (Å²) in [4.78, 5) is 13.0. The number of benzene rings is 1. The van der Waals surface area contributed by atoms with Gasteiger partial charge in [-0.1, -0.05) is 19.0 Å². The molecule has 0 N–H and O–H groups in total. The highest BCUT2D eigenvalue weighted by Gasteiger charge is 2.36. The molecule has 0 amide bonds. The highest BCUT2D eigenvalue weighted by molar-refractivity contribution is 5.64. The lowest BCUT2D eigenvalue weighted by Crippen LogP contribution is -2.40. The number of hydrogen-bond donors (Lipinski definition) is 0. The number of fused-ring (bicyclic) bond motifs is 3. The zero-order valence-electron chi connectivity index (χ0n) is 29.3. The number of rotatable bonds is 4. The molecule has 0 aliphatic carbocycles. The van der Waals surface area contributed by atoms with Crippen molar-refractivity contribution < 1.29 is 29.6 Å². The summed E-state index contributed by atoms with van der Waals surface area (Å²) >= 11 is 0. The van der Waals surface area contributed by atoms with Gasteiger partial charge >= 0.3 is 6.18 Å². The summed E-state index contributed by atoms with van der Waals surface area (Å²) in [5, 5.41) is 7.75. The monoisotopic (exact) mass is 480 g/mol. The summed E-state index contributed by atoms with van der Waals surface area (Å²) in [5.41, 5.74) is -0.949. The number of hydrogen-bond acceptors (Lipinski definition) is 6. The van der Waals surface area contributed by atoms with Gasteiger partial charge < -0.3 is 4.90 Å². The van der Waals surface area contributed by atoms with Crippen LogP contribution in [-0.2, 0) is 6.18 Å². The highest BCUT2D eigenvalue weighted by Crippen LogP contribution is 2.40. The first-order valence-electron chi connectivity index (χ1n) is 15.7. The topological polar surface area (TPSA) is 77.5 Å². The summed E-state index contributed by atoms with van der Waals surface area (Å²) in [5.74, 6) is -1.47. The third-order valence-corrected chi connectivity index (χ3v) is 5.26. The summed E-state index contributed by atoms with van der Waals surface area (Å²) < 4.78 is 141. The van der Waals surface area contributed by atoms with Gasteiger partial charge in [0, 0.05) is 39.1 Å². The van der Waals surface area contributed by atoms with Gasteiger partial charge in [-0.25, -0.2) is 9.97 Å². The highest BCUT2D eigenvalue weighted by atomic mass is 19.4. The maximum Gasteiger partial charge on any atom is 0.416 e. The van der Waals surface area contributed by atoms with Crippen LogP contribution in [0.5, 0.6) is 0 Å². The largest absolute Gasteiger partial charge is 0.416 e. The van der Waals surface area contributed by atoms with Crippen molar-refractivity contribution in [1.29, 1.82) is 0 Å². The van der Waals surface area contributed by atoms with Crippen LogP contribution in [0.1, 0.15) is 66.6 Å². The maximum absolute atomic E-state index is 13.2. The first kappa shape index (κ1) is 12.1. The second-order valence-electron chi connectivity index (χ2n) is 7.28. The van der Waals surface area contributed by atoms with Crippen molar-refractivity contribution in [3.63, 3.8) is 0 Å². The predicted octanol–water partition coefficient (Wildman–Crippen LogP) is 4.92. The standard InChI is InChI=1S/C23H23F3N8/c1-5-17-21-31-30-14(4)34(21)18-12-28-22(29-20(18)33(17)13(2)3)32-11-10-27-19(32)15-6-8-16(9-7-15)23(24,25)26/h6-13,17H,5H2,1-4H3/i1D3,2D3,3D3,5D2,13D. The molecular weight excluding hydrogens is 445 g/mol. The molecule has 34 heavy (non-hydrogen) atoms. The van der Waals surface area contributed by atoms with Crippen LogP contribution in [-0.4, -0.2) is 40.3 Å². The first-order valence-corrected chi connectivity index (χ1v) is 9.73. The van der Waals surface area contributed by atoms with E-state index in [2.05, 4.69) is 25.1 Å². The fourth-order valence-electron chi connectivity index (χ4n) is 3.75. The van der Waals surface area contributed by atoms with Crippen LogP contribution in [0.4, 0.5) is 19.0 Å². The summed E-state index contributed by atoms with van der Waals surface area (Å²) in [6.07, 6.45) is -4.41. The Hall–Kier alpha value is -3.76. The van der Waals surface area contributed by atoms with Gasteiger partial charge in [-0.15, -0.1) is 10.2 Å². The van der Waals surface area contributed by atoms with E-state index in [-0.39, 0.29) is 33.7 Å². The van der Waals surface area contributed by atoms with Crippen molar-refractivity contribution in [2.24, 2.45) is 0 Å². The van der Waals surface area contributed by atoms with E-state index < -0.39 is 62.4 Å².